The molecule has 1 fully saturated rings. The number of nitrogens with one attached hydrogen (secondary N) is 2. The molecule has 0 radical (unpaired) electrons. The minimum Gasteiger partial charge on any atom is -0.390 e. The van der Waals surface area contributed by atoms with Gasteiger partial charge in [0.2, 0.25) is 0 Å². The highest BCUT2D eigenvalue weighted by molar-refractivity contribution is 5.74. The van der Waals surface area contributed by atoms with E-state index in [2.05, 4.69) is 32.3 Å². The Morgan fingerprint density at radius 3 is 2.69 bits per heavy atom. The van der Waals surface area contributed by atoms with Crippen molar-refractivity contribution in [3.05, 3.63) is 59.3 Å². The fourth-order valence-electron chi connectivity index (χ4n) is 4.12. The number of fused-ring (bicyclic) bond motifs is 1. The number of pyridine rings is 1. The van der Waals surface area contributed by atoms with Gasteiger partial charge in [-0.2, -0.15) is 0 Å². The summed E-state index contributed by atoms with van der Waals surface area (Å²) in [6.45, 7) is 7.80. The maximum atomic E-state index is 12.3. The van der Waals surface area contributed by atoms with E-state index in [0.29, 0.717) is 13.0 Å². The minimum atomic E-state index is -0.590. The Labute approximate surface area is 171 Å². The number of carbonyl (C=O) groups excluding carboxylic acids is 1. The van der Waals surface area contributed by atoms with Gasteiger partial charge in [-0.1, -0.05) is 37.3 Å². The van der Waals surface area contributed by atoms with Gasteiger partial charge in [0, 0.05) is 45.3 Å². The molecule has 7 nitrogen and oxygen atoms in total. The van der Waals surface area contributed by atoms with Gasteiger partial charge in [-0.05, 0) is 29.3 Å². The molecule has 1 aromatic carbocycles. The summed E-state index contributed by atoms with van der Waals surface area (Å²) in [5.41, 5.74) is 3.03. The molecule has 0 spiro atoms. The van der Waals surface area contributed by atoms with Crippen LogP contribution in [0.25, 0.3) is 0 Å². The molecule has 2 aliphatic rings. The Hall–Kier alpha value is -2.64. The quantitative estimate of drug-likeness (QED) is 0.718. The van der Waals surface area contributed by atoms with Gasteiger partial charge in [0.15, 0.2) is 0 Å². The third kappa shape index (κ3) is 4.52. The van der Waals surface area contributed by atoms with Crippen LogP contribution in [0.2, 0.25) is 0 Å². The van der Waals surface area contributed by atoms with E-state index in [1.807, 2.05) is 42.6 Å². The Balaban J connectivity index is 1.28. The molecule has 2 amide bonds. The second-order valence-corrected chi connectivity index (χ2v) is 7.72. The lowest BCUT2D eigenvalue weighted by Crippen LogP contribution is -2.46. The molecule has 1 aliphatic heterocycles. The highest BCUT2D eigenvalue weighted by atomic mass is 16.3. The van der Waals surface area contributed by atoms with Crippen LogP contribution in [0.1, 0.15) is 29.7 Å². The standard InChI is InChI=1S/C22H29N5O2/c1-2-26-9-11-27(12-10-26)20-8-7-16(14-23-20)15-24-22(29)25-21-18-6-4-3-5-17(18)13-19(21)28/h3-8,14,19,21,28H,2,9-13,15H2,1H3,(H2,24,25,29). The summed E-state index contributed by atoms with van der Waals surface area (Å²) in [5, 5.41) is 16.0. The Bertz CT molecular complexity index is 833. The van der Waals surface area contributed by atoms with E-state index in [4.69, 9.17) is 0 Å². The number of nitrogens with zero attached hydrogens (tertiary/aromatic N) is 3. The number of aliphatic hydroxyl groups excluding tert-OH is 1. The highest BCUT2D eigenvalue weighted by Gasteiger charge is 2.31. The maximum absolute atomic E-state index is 12.3. The SMILES string of the molecule is CCN1CCN(c2ccc(CNC(=O)NC3c4ccccc4CC3O)cn2)CC1. The van der Waals surface area contributed by atoms with Crippen LogP contribution >= 0.6 is 0 Å². The van der Waals surface area contributed by atoms with Gasteiger partial charge in [0.1, 0.15) is 5.82 Å². The molecular formula is C22H29N5O2. The van der Waals surface area contributed by atoms with Crippen LogP contribution in [-0.4, -0.2) is 59.8 Å². The largest absolute Gasteiger partial charge is 0.390 e. The summed E-state index contributed by atoms with van der Waals surface area (Å²) < 4.78 is 0. The first kappa shape index (κ1) is 19.7. The number of amides is 2. The van der Waals surface area contributed by atoms with Crippen molar-refractivity contribution < 1.29 is 9.90 Å². The maximum Gasteiger partial charge on any atom is 0.315 e. The number of carbonyl (C=O) groups is 1. The number of hydrogen-bond donors (Lipinski definition) is 3. The lowest BCUT2D eigenvalue weighted by molar-refractivity contribution is 0.142. The number of benzene rings is 1. The number of urea groups is 1. The number of piperazine rings is 1. The summed E-state index contributed by atoms with van der Waals surface area (Å²) >= 11 is 0. The minimum absolute atomic E-state index is 0.287. The van der Waals surface area contributed by atoms with E-state index in [1.54, 1.807) is 0 Å². The predicted octanol–water partition coefficient (Wildman–Crippen LogP) is 1.68. The fourth-order valence-corrected chi connectivity index (χ4v) is 4.12. The Morgan fingerprint density at radius 2 is 1.97 bits per heavy atom. The van der Waals surface area contributed by atoms with Gasteiger partial charge in [-0.3, -0.25) is 0 Å². The molecular weight excluding hydrogens is 366 g/mol. The normalized spacial score (nSPS) is 21.7. The van der Waals surface area contributed by atoms with Gasteiger partial charge in [0.05, 0.1) is 12.1 Å². The third-order valence-electron chi connectivity index (χ3n) is 5.90. The molecule has 1 saturated heterocycles. The molecule has 2 unspecified atom stereocenters. The number of anilines is 1. The van der Waals surface area contributed by atoms with Crippen molar-refractivity contribution in [1.29, 1.82) is 0 Å². The van der Waals surface area contributed by atoms with Crippen LogP contribution in [0.5, 0.6) is 0 Å². The molecule has 0 saturated carbocycles. The Morgan fingerprint density at radius 1 is 1.17 bits per heavy atom. The second kappa shape index (κ2) is 8.80. The number of rotatable bonds is 5. The van der Waals surface area contributed by atoms with Gasteiger partial charge in [-0.15, -0.1) is 0 Å². The van der Waals surface area contributed by atoms with Gasteiger partial charge < -0.3 is 25.5 Å². The monoisotopic (exact) mass is 395 g/mol. The lowest BCUT2D eigenvalue weighted by Gasteiger charge is -2.34. The second-order valence-electron chi connectivity index (χ2n) is 7.72. The van der Waals surface area contributed by atoms with Crippen LogP contribution in [0.15, 0.2) is 42.6 Å². The van der Waals surface area contributed by atoms with Crippen molar-refractivity contribution in [3.8, 4) is 0 Å². The van der Waals surface area contributed by atoms with Crippen molar-refractivity contribution in [2.24, 2.45) is 0 Å². The first-order chi connectivity index (χ1) is 14.1. The third-order valence-corrected chi connectivity index (χ3v) is 5.90. The van der Waals surface area contributed by atoms with Crippen molar-refractivity contribution >= 4 is 11.8 Å². The van der Waals surface area contributed by atoms with E-state index in [9.17, 15) is 9.90 Å². The fraction of sp³-hybridized carbons (Fsp3) is 0.455. The van der Waals surface area contributed by atoms with E-state index in [0.717, 1.165) is 55.2 Å². The van der Waals surface area contributed by atoms with E-state index >= 15 is 0 Å². The summed E-state index contributed by atoms with van der Waals surface area (Å²) in [6, 6.07) is 11.2. The zero-order chi connectivity index (χ0) is 20.2. The van der Waals surface area contributed by atoms with Gasteiger partial charge in [-0.25, -0.2) is 9.78 Å². The van der Waals surface area contributed by atoms with Crippen molar-refractivity contribution in [1.82, 2.24) is 20.5 Å². The average Bonchev–Trinajstić information content (AvgIpc) is 3.08. The molecule has 0 bridgehead atoms. The van der Waals surface area contributed by atoms with E-state index < -0.39 is 6.10 Å². The molecule has 7 heteroatoms. The molecule has 4 rings (SSSR count). The van der Waals surface area contributed by atoms with Gasteiger partial charge >= 0.3 is 6.03 Å². The van der Waals surface area contributed by atoms with E-state index in [1.165, 1.54) is 0 Å². The summed E-state index contributed by atoms with van der Waals surface area (Å²) in [6.07, 6.45) is 1.80. The van der Waals surface area contributed by atoms with Crippen LogP contribution in [0.3, 0.4) is 0 Å². The number of likely N-dealkylation sites (N-methyl/N-ethyl adjacent to an activating group) is 1. The van der Waals surface area contributed by atoms with Crippen molar-refractivity contribution in [2.45, 2.75) is 32.0 Å². The molecule has 3 N–H and O–H groups in total. The lowest BCUT2D eigenvalue weighted by atomic mass is 10.1. The topological polar surface area (TPSA) is 80.7 Å². The molecule has 2 aromatic rings. The van der Waals surface area contributed by atoms with Gasteiger partial charge in [0.25, 0.3) is 0 Å². The van der Waals surface area contributed by atoms with E-state index in [-0.39, 0.29) is 12.1 Å². The number of aliphatic hydroxyl groups is 1. The number of hydrogen-bond acceptors (Lipinski definition) is 5. The zero-order valence-corrected chi connectivity index (χ0v) is 16.8. The zero-order valence-electron chi connectivity index (χ0n) is 16.8. The van der Waals surface area contributed by atoms with Crippen LogP contribution in [-0.2, 0) is 13.0 Å². The summed E-state index contributed by atoms with van der Waals surface area (Å²) in [7, 11) is 0. The Kier molecular flexibility index (Phi) is 5.97. The molecule has 2 heterocycles. The molecule has 29 heavy (non-hydrogen) atoms. The average molecular weight is 396 g/mol. The predicted molar refractivity (Wildman–Crippen MR) is 113 cm³/mol. The smallest absolute Gasteiger partial charge is 0.315 e. The summed E-state index contributed by atoms with van der Waals surface area (Å²) in [5.74, 6) is 0.986. The molecule has 1 aromatic heterocycles. The van der Waals surface area contributed by atoms with Crippen LogP contribution in [0, 0.1) is 0 Å². The summed E-state index contributed by atoms with van der Waals surface area (Å²) in [4.78, 5) is 21.6. The molecule has 2 atom stereocenters. The number of aromatic nitrogens is 1. The van der Waals surface area contributed by atoms with Crippen molar-refractivity contribution in [2.75, 3.05) is 37.6 Å². The van der Waals surface area contributed by atoms with Crippen LogP contribution in [0.4, 0.5) is 10.6 Å². The van der Waals surface area contributed by atoms with Crippen molar-refractivity contribution in [3.63, 3.8) is 0 Å². The highest BCUT2D eigenvalue weighted by Crippen LogP contribution is 2.31. The molecule has 1 aliphatic carbocycles. The first-order valence-electron chi connectivity index (χ1n) is 10.4. The van der Waals surface area contributed by atoms with Crippen LogP contribution < -0.4 is 15.5 Å². The molecule has 154 valence electrons. The first-order valence-corrected chi connectivity index (χ1v) is 10.4.